The fourth-order valence-corrected chi connectivity index (χ4v) is 4.37. The third-order valence-electron chi connectivity index (χ3n) is 4.56. The molecule has 0 saturated heterocycles. The largest absolute Gasteiger partial charge is 0.342 e. The highest BCUT2D eigenvalue weighted by Crippen LogP contribution is 2.28. The van der Waals surface area contributed by atoms with Gasteiger partial charge in [-0.05, 0) is 41.8 Å². The molecule has 5 nitrogen and oxygen atoms in total. The van der Waals surface area contributed by atoms with E-state index < -0.39 is 0 Å². The second-order valence-corrected chi connectivity index (χ2v) is 9.36. The van der Waals surface area contributed by atoms with E-state index in [1.54, 1.807) is 30.0 Å². The van der Waals surface area contributed by atoms with E-state index >= 15 is 0 Å². The number of hydrogen-bond donors (Lipinski definition) is 1. The lowest BCUT2D eigenvalue weighted by Gasteiger charge is -2.22. The SMILES string of the molecule is CC(C)[C@H](NC(=O)c1ccc(Cl)cc1Cl)c1nnc(SCc2ccc(Cl)cc2)n1C. The van der Waals surface area contributed by atoms with Gasteiger partial charge in [0, 0.05) is 22.8 Å². The molecule has 2 aromatic carbocycles. The molecule has 1 N–H and O–H groups in total. The number of nitrogens with zero attached hydrogens (tertiary/aromatic N) is 3. The molecule has 1 amide bonds. The van der Waals surface area contributed by atoms with E-state index in [2.05, 4.69) is 15.5 Å². The van der Waals surface area contributed by atoms with Crippen LogP contribution in [-0.2, 0) is 12.8 Å². The van der Waals surface area contributed by atoms with Gasteiger partial charge in [0.05, 0.1) is 16.6 Å². The Balaban J connectivity index is 1.76. The van der Waals surface area contributed by atoms with Crippen LogP contribution in [0.3, 0.4) is 0 Å². The van der Waals surface area contributed by atoms with Crippen LogP contribution in [0.1, 0.15) is 41.6 Å². The minimum absolute atomic E-state index is 0.0945. The molecule has 30 heavy (non-hydrogen) atoms. The summed E-state index contributed by atoms with van der Waals surface area (Å²) in [7, 11) is 1.90. The van der Waals surface area contributed by atoms with Crippen LogP contribution in [-0.4, -0.2) is 20.7 Å². The average Bonchev–Trinajstić information content (AvgIpc) is 3.05. The van der Waals surface area contributed by atoms with Gasteiger partial charge in [0.2, 0.25) is 0 Å². The quantitative estimate of drug-likeness (QED) is 0.407. The molecule has 0 unspecified atom stereocenters. The molecule has 0 fully saturated rings. The van der Waals surface area contributed by atoms with Gasteiger partial charge in [-0.3, -0.25) is 4.79 Å². The molecule has 0 aliphatic rings. The van der Waals surface area contributed by atoms with Crippen LogP contribution in [0.15, 0.2) is 47.6 Å². The molecule has 0 aliphatic heterocycles. The van der Waals surface area contributed by atoms with Crippen LogP contribution in [0.5, 0.6) is 0 Å². The highest BCUT2D eigenvalue weighted by molar-refractivity contribution is 7.98. The molecule has 0 bridgehead atoms. The van der Waals surface area contributed by atoms with Crippen LogP contribution in [0.25, 0.3) is 0 Å². The summed E-state index contributed by atoms with van der Waals surface area (Å²) in [5.41, 5.74) is 1.51. The van der Waals surface area contributed by atoms with Crippen molar-refractivity contribution < 1.29 is 4.79 Å². The molecule has 0 saturated carbocycles. The Kier molecular flexibility index (Phi) is 7.69. The minimum Gasteiger partial charge on any atom is -0.342 e. The maximum atomic E-state index is 12.8. The summed E-state index contributed by atoms with van der Waals surface area (Å²) >= 11 is 19.6. The van der Waals surface area contributed by atoms with Crippen LogP contribution in [0, 0.1) is 5.92 Å². The van der Waals surface area contributed by atoms with Gasteiger partial charge in [0.1, 0.15) is 0 Å². The summed E-state index contributed by atoms with van der Waals surface area (Å²) in [6, 6.07) is 12.2. The lowest BCUT2D eigenvalue weighted by Crippen LogP contribution is -2.33. The monoisotopic (exact) mass is 482 g/mol. The lowest BCUT2D eigenvalue weighted by molar-refractivity contribution is 0.0922. The minimum atomic E-state index is -0.327. The summed E-state index contributed by atoms with van der Waals surface area (Å²) in [6.45, 7) is 4.03. The number of amides is 1. The van der Waals surface area contributed by atoms with E-state index in [-0.39, 0.29) is 17.9 Å². The van der Waals surface area contributed by atoms with Crippen molar-refractivity contribution in [3.8, 4) is 0 Å². The Morgan fingerprint density at radius 3 is 2.37 bits per heavy atom. The Morgan fingerprint density at radius 1 is 1.07 bits per heavy atom. The van der Waals surface area contributed by atoms with Gasteiger partial charge in [0.25, 0.3) is 5.91 Å². The zero-order valence-electron chi connectivity index (χ0n) is 16.7. The number of hydrogen-bond acceptors (Lipinski definition) is 4. The van der Waals surface area contributed by atoms with Crippen molar-refractivity contribution in [3.05, 3.63) is 74.5 Å². The first kappa shape index (κ1) is 22.9. The average molecular weight is 484 g/mol. The lowest BCUT2D eigenvalue weighted by atomic mass is 10.0. The van der Waals surface area contributed by atoms with Crippen LogP contribution >= 0.6 is 46.6 Å². The van der Waals surface area contributed by atoms with E-state index in [0.29, 0.717) is 26.5 Å². The van der Waals surface area contributed by atoms with Crippen molar-refractivity contribution >= 4 is 52.5 Å². The first-order valence-corrected chi connectivity index (χ1v) is 11.4. The molecular formula is C21H21Cl3N4OS. The first-order chi connectivity index (χ1) is 14.3. The number of aromatic nitrogens is 3. The van der Waals surface area contributed by atoms with E-state index in [4.69, 9.17) is 34.8 Å². The summed E-state index contributed by atoms with van der Waals surface area (Å²) in [5, 5.41) is 14.0. The van der Waals surface area contributed by atoms with Crippen molar-refractivity contribution in [1.82, 2.24) is 20.1 Å². The predicted molar refractivity (Wildman–Crippen MR) is 124 cm³/mol. The standard InChI is InChI=1S/C21H21Cl3N4OS/c1-12(2)18(25-20(29)16-9-8-15(23)10-17(16)24)19-26-27-21(28(19)3)30-11-13-4-6-14(22)7-5-13/h4-10,12,18H,11H2,1-3H3,(H,25,29)/t18-/m0/s1. The normalized spacial score (nSPS) is 12.2. The van der Waals surface area contributed by atoms with Gasteiger partial charge in [-0.2, -0.15) is 0 Å². The first-order valence-electron chi connectivity index (χ1n) is 9.28. The van der Waals surface area contributed by atoms with Gasteiger partial charge in [0.15, 0.2) is 11.0 Å². The summed E-state index contributed by atoms with van der Waals surface area (Å²) < 4.78 is 1.91. The van der Waals surface area contributed by atoms with E-state index in [1.807, 2.05) is 49.7 Å². The highest BCUT2D eigenvalue weighted by Gasteiger charge is 2.26. The number of carbonyl (C=O) groups excluding carboxylic acids is 1. The molecule has 3 aromatic rings. The molecule has 1 aromatic heterocycles. The maximum absolute atomic E-state index is 12.8. The molecule has 0 radical (unpaired) electrons. The van der Waals surface area contributed by atoms with Crippen molar-refractivity contribution in [1.29, 1.82) is 0 Å². The number of halogens is 3. The Morgan fingerprint density at radius 2 is 1.73 bits per heavy atom. The summed E-state index contributed by atoms with van der Waals surface area (Å²) in [5.74, 6) is 1.23. The summed E-state index contributed by atoms with van der Waals surface area (Å²) in [6.07, 6.45) is 0. The molecule has 1 heterocycles. The molecule has 0 spiro atoms. The van der Waals surface area contributed by atoms with Gasteiger partial charge >= 0.3 is 0 Å². The number of carbonyl (C=O) groups is 1. The zero-order chi connectivity index (χ0) is 21.8. The number of rotatable bonds is 7. The van der Waals surface area contributed by atoms with Gasteiger partial charge < -0.3 is 9.88 Å². The van der Waals surface area contributed by atoms with Gasteiger partial charge in [-0.15, -0.1) is 10.2 Å². The molecule has 1 atom stereocenters. The van der Waals surface area contributed by atoms with Crippen molar-refractivity contribution in [2.75, 3.05) is 0 Å². The smallest absolute Gasteiger partial charge is 0.253 e. The van der Waals surface area contributed by atoms with Gasteiger partial charge in [-0.1, -0.05) is 72.5 Å². The zero-order valence-corrected chi connectivity index (χ0v) is 19.8. The molecular weight excluding hydrogens is 463 g/mol. The molecule has 3 rings (SSSR count). The topological polar surface area (TPSA) is 59.8 Å². The third kappa shape index (κ3) is 5.49. The third-order valence-corrected chi connectivity index (χ3v) is 6.45. The second-order valence-electron chi connectivity index (χ2n) is 7.13. The number of nitrogens with one attached hydrogen (secondary N) is 1. The van der Waals surface area contributed by atoms with E-state index in [1.165, 1.54) is 0 Å². The van der Waals surface area contributed by atoms with Crippen LogP contribution < -0.4 is 5.32 Å². The van der Waals surface area contributed by atoms with Gasteiger partial charge in [-0.25, -0.2) is 0 Å². The van der Waals surface area contributed by atoms with Crippen LogP contribution in [0.2, 0.25) is 15.1 Å². The molecule has 0 aliphatic carbocycles. The van der Waals surface area contributed by atoms with Crippen molar-refractivity contribution in [2.24, 2.45) is 13.0 Å². The fourth-order valence-electron chi connectivity index (χ4n) is 2.87. The fraction of sp³-hybridized carbons (Fsp3) is 0.286. The summed E-state index contributed by atoms with van der Waals surface area (Å²) in [4.78, 5) is 12.8. The number of thioether (sulfide) groups is 1. The van der Waals surface area contributed by atoms with E-state index in [0.717, 1.165) is 16.5 Å². The maximum Gasteiger partial charge on any atom is 0.253 e. The highest BCUT2D eigenvalue weighted by atomic mass is 35.5. The predicted octanol–water partition coefficient (Wildman–Crippen LogP) is 6.19. The molecule has 9 heteroatoms. The Bertz CT molecular complexity index is 1040. The molecule has 158 valence electrons. The Hall–Kier alpha value is -1.73. The van der Waals surface area contributed by atoms with Crippen LogP contribution in [0.4, 0.5) is 0 Å². The number of benzene rings is 2. The van der Waals surface area contributed by atoms with Crippen molar-refractivity contribution in [2.45, 2.75) is 30.8 Å². The second kappa shape index (κ2) is 10.1. The van der Waals surface area contributed by atoms with E-state index in [9.17, 15) is 4.79 Å². The van der Waals surface area contributed by atoms with Crippen molar-refractivity contribution in [3.63, 3.8) is 0 Å². The Labute approximate surface area is 195 Å².